The lowest BCUT2D eigenvalue weighted by molar-refractivity contribution is -0.315. The second-order valence-corrected chi connectivity index (χ2v) is 28.5. The number of aliphatic hydroxyl groups excluding tert-OH is 7. The van der Waals surface area contributed by atoms with Crippen LogP contribution in [0.2, 0.25) is 0 Å². The second-order valence-electron chi connectivity index (χ2n) is 28.5. The molecule has 22 nitrogen and oxygen atoms in total. The molecule has 2 aromatic rings. The topological polar surface area (TPSA) is 308 Å². The minimum Gasteiger partial charge on any atom is -0.394 e. The van der Waals surface area contributed by atoms with E-state index in [0.29, 0.717) is 68.4 Å². The number of ketones is 2. The maximum absolute atomic E-state index is 14.8. The minimum absolute atomic E-state index is 0.0753. The van der Waals surface area contributed by atoms with Gasteiger partial charge in [-0.15, -0.1) is 5.53 Å². The second kappa shape index (κ2) is 34.5. The lowest BCUT2D eigenvalue weighted by atomic mass is 9.70. The number of hydrazine groups is 2. The number of unbranched alkanes of at least 4 members (excludes halogenated alkanes) is 1. The van der Waals surface area contributed by atoms with Crippen LogP contribution in [0.25, 0.3) is 11.3 Å². The molecule has 2 saturated heterocycles. The molecule has 0 spiro atoms. The van der Waals surface area contributed by atoms with Gasteiger partial charge in [0.1, 0.15) is 71.9 Å². The number of rotatable bonds is 30. The predicted molar refractivity (Wildman–Crippen MR) is 353 cm³/mol. The van der Waals surface area contributed by atoms with Crippen molar-refractivity contribution in [3.8, 4) is 0 Å². The van der Waals surface area contributed by atoms with E-state index < -0.39 is 152 Å². The molecule has 0 radical (unpaired) electrons. The zero-order valence-corrected chi connectivity index (χ0v) is 56.7. The number of hydrogen-bond donors (Lipinski definition) is 10. The number of allylic oxidation sites excluding steroid dienone is 4. The van der Waals surface area contributed by atoms with E-state index in [9.17, 15) is 63.7 Å². The van der Waals surface area contributed by atoms with Crippen molar-refractivity contribution in [2.45, 2.75) is 267 Å². The molecule has 0 aromatic heterocycles. The summed E-state index contributed by atoms with van der Waals surface area (Å²) < 4.78 is 68.4. The predicted octanol–water partition coefficient (Wildman–Crippen LogP) is 6.21. The average Bonchev–Trinajstić information content (AvgIpc) is 1.58. The van der Waals surface area contributed by atoms with Gasteiger partial charge in [-0.3, -0.25) is 24.2 Å². The number of hydrogen-bond acceptors (Lipinski definition) is 20. The van der Waals surface area contributed by atoms with Crippen LogP contribution in [0.15, 0.2) is 73.0 Å². The summed E-state index contributed by atoms with van der Waals surface area (Å²) in [5.74, 6) is -3.88. The van der Waals surface area contributed by atoms with Crippen molar-refractivity contribution in [3.63, 3.8) is 0 Å². The molecule has 17 unspecified atom stereocenters. The van der Waals surface area contributed by atoms with E-state index in [4.69, 9.17) is 28.4 Å². The van der Waals surface area contributed by atoms with Gasteiger partial charge in [-0.25, -0.2) is 8.78 Å². The Labute approximate surface area is 568 Å². The highest BCUT2D eigenvalue weighted by molar-refractivity contribution is 5.83. The number of halogens is 2. The first-order valence-electron chi connectivity index (χ1n) is 35.8. The van der Waals surface area contributed by atoms with Crippen molar-refractivity contribution < 1.29 is 92.1 Å². The fourth-order valence-corrected chi connectivity index (χ4v) is 16.1. The summed E-state index contributed by atoms with van der Waals surface area (Å²) in [5, 5.41) is 84.3. The number of benzene rings is 2. The van der Waals surface area contributed by atoms with Crippen LogP contribution in [0.1, 0.15) is 168 Å². The molecule has 3 aliphatic heterocycles. The number of Topliss-reactive ketones (excluding diaryl/α,β-unsaturated/α-hetero) is 2. The third-order valence-corrected chi connectivity index (χ3v) is 21.8. The highest BCUT2D eigenvalue weighted by Gasteiger charge is 2.53. The van der Waals surface area contributed by atoms with Gasteiger partial charge in [0.05, 0.1) is 61.1 Å². The van der Waals surface area contributed by atoms with Crippen LogP contribution < -0.4 is 16.3 Å². The summed E-state index contributed by atoms with van der Waals surface area (Å²) in [5.41, 5.74) is 8.44. The summed E-state index contributed by atoms with van der Waals surface area (Å²) in [6.45, 7) is 8.79. The third kappa shape index (κ3) is 18.5. The maximum Gasteiger partial charge on any atom is 0.251 e. The van der Waals surface area contributed by atoms with Crippen molar-refractivity contribution in [1.29, 1.82) is 0 Å². The standard InChI is InChI=1S/C73H105F2N5O17/c1-6-44-31-49(37-61(70(44)93-42(5)92-40(3)66(87)55(83)7-2)96-73-64(76-41(4)82)71(69(90)63(39-81)97-73)95-62(72(91)79-28-15-29-79)30-43-16-9-8-10-17-43)56(84)22-11-12-23-57(85)50-35-53(47-25-24-46(32-47)45-18-13-20-51(74)33-45)67(88)60(36-50)94-59-27-26-58(86)65(68(59)89)80-38-54(77-78-80)48-19-14-21-52(75)34-48/h13-14,18-21,24-25,32-34,38,40,42-44,47,49-50,53,55,58-71,73,77-78,81,83,86-90H,6-12,15-17,22-23,26-31,35-37,39H2,1-5H3,(H,76,82)/t40?,42-,44+,47?,49?,50-,53?,55+,58?,59?,60+,61?,62-,63?,64?,65?,66?,67?,68?,69?,70?,71?,73?/m0/s1. The van der Waals surface area contributed by atoms with Gasteiger partial charge in [0.15, 0.2) is 12.6 Å². The van der Waals surface area contributed by atoms with Gasteiger partial charge in [0.2, 0.25) is 5.91 Å². The molecule has 10 N–H and O–H groups in total. The highest BCUT2D eigenvalue weighted by Crippen LogP contribution is 2.45. The van der Waals surface area contributed by atoms with Crippen LogP contribution in [0, 0.1) is 47.1 Å². The lowest BCUT2D eigenvalue weighted by Gasteiger charge is -2.49. The normalized spacial score (nSPS) is 34.0. The minimum atomic E-state index is -1.51. The molecular formula is C73H105F2N5O17. The monoisotopic (exact) mass is 1360 g/mol. The first kappa shape index (κ1) is 74.5. The SMILES string of the molecule is CC[C@@H]1CC(C(=O)CCCCC(=O)[C@H]2CC(C3C=CC(c4cccc(F)c4)=C3)C(O)[C@H](OC3CCC(O)C(N4C=C(c5cccc(F)c5)NN4)C3O)C2)CC(OC2OC(CO)C(O)C(O[C@@H](CC3CCCCC3)C(=O)N3CCC3)C2NC(C)=O)C1O[C@@H](C)OC(C)C(O)[C@H](O)CC. The maximum atomic E-state index is 14.8. The number of amides is 2. The van der Waals surface area contributed by atoms with Crippen LogP contribution >= 0.6 is 0 Å². The Morgan fingerprint density at radius 2 is 1.45 bits per heavy atom. The molecule has 2 amide bonds. The van der Waals surface area contributed by atoms with Gasteiger partial charge < -0.3 is 79.8 Å². The first-order valence-corrected chi connectivity index (χ1v) is 35.8. The van der Waals surface area contributed by atoms with Crippen molar-refractivity contribution in [2.75, 3.05) is 19.7 Å². The van der Waals surface area contributed by atoms with Crippen molar-refractivity contribution in [1.82, 2.24) is 26.2 Å². The number of likely N-dealkylation sites (tertiary alicyclic amines) is 1. The zero-order valence-electron chi connectivity index (χ0n) is 56.7. The van der Waals surface area contributed by atoms with Crippen LogP contribution in [0.5, 0.6) is 0 Å². The van der Waals surface area contributed by atoms with Crippen LogP contribution in [-0.2, 0) is 47.6 Å². The van der Waals surface area contributed by atoms with Crippen LogP contribution in [0.4, 0.5) is 8.78 Å². The Morgan fingerprint density at radius 1 is 0.773 bits per heavy atom. The average molecular weight is 1360 g/mol. The molecule has 3 heterocycles. The van der Waals surface area contributed by atoms with Crippen molar-refractivity contribution >= 4 is 34.7 Å². The summed E-state index contributed by atoms with van der Waals surface area (Å²) in [6, 6.07) is 10.1. The molecule has 97 heavy (non-hydrogen) atoms. The smallest absolute Gasteiger partial charge is 0.251 e. The summed E-state index contributed by atoms with van der Waals surface area (Å²) >= 11 is 0. The van der Waals surface area contributed by atoms with E-state index in [1.165, 1.54) is 36.2 Å². The first-order chi connectivity index (χ1) is 46.6. The van der Waals surface area contributed by atoms with Crippen LogP contribution in [0.3, 0.4) is 0 Å². The summed E-state index contributed by atoms with van der Waals surface area (Å²) in [6.07, 6.45) is -0.591. The Hall–Kier alpha value is -5.16. The summed E-state index contributed by atoms with van der Waals surface area (Å²) in [4.78, 5) is 58.6. The number of aliphatic hydroxyl groups is 7. The van der Waals surface area contributed by atoms with E-state index in [2.05, 4.69) is 16.3 Å². The quantitative estimate of drug-likeness (QED) is 0.0307. The number of nitrogens with one attached hydrogen (secondary N) is 3. The number of ether oxygens (including phenoxy) is 6. The Bertz CT molecular complexity index is 3040. The molecule has 10 rings (SSSR count). The largest absolute Gasteiger partial charge is 0.394 e. The molecule has 4 saturated carbocycles. The number of nitrogens with zero attached hydrogens (tertiary/aromatic N) is 2. The fourth-order valence-electron chi connectivity index (χ4n) is 16.1. The van der Waals surface area contributed by atoms with Gasteiger partial charge in [-0.05, 0) is 138 Å². The highest BCUT2D eigenvalue weighted by atomic mass is 19.1. The molecule has 23 atom stereocenters. The fraction of sp³-hybridized carbons (Fsp3) is 0.699. The molecule has 538 valence electrons. The van der Waals surface area contributed by atoms with Crippen molar-refractivity contribution in [2.24, 2.45) is 35.5 Å². The Kier molecular flexibility index (Phi) is 26.5. The van der Waals surface area contributed by atoms with Gasteiger partial charge in [-0.1, -0.05) is 94.9 Å². The van der Waals surface area contributed by atoms with E-state index >= 15 is 0 Å². The van der Waals surface area contributed by atoms with Gasteiger partial charge >= 0.3 is 0 Å². The van der Waals surface area contributed by atoms with Gasteiger partial charge in [0.25, 0.3) is 5.91 Å². The molecule has 24 heteroatoms. The Morgan fingerprint density at radius 3 is 2.10 bits per heavy atom. The Balaban J connectivity index is 0.840. The van der Waals surface area contributed by atoms with E-state index in [0.717, 1.165) is 44.1 Å². The summed E-state index contributed by atoms with van der Waals surface area (Å²) in [7, 11) is 0. The molecule has 0 bridgehead atoms. The van der Waals surface area contributed by atoms with Gasteiger partial charge in [0, 0.05) is 62.4 Å². The van der Waals surface area contributed by atoms with Crippen molar-refractivity contribution in [3.05, 3.63) is 95.7 Å². The zero-order chi connectivity index (χ0) is 69.2. The third-order valence-electron chi connectivity index (χ3n) is 21.8. The van der Waals surface area contributed by atoms with Crippen LogP contribution in [-0.4, -0.2) is 199 Å². The molecular weight excluding hydrogens is 1260 g/mol. The molecule has 2 aromatic carbocycles. The van der Waals surface area contributed by atoms with E-state index in [1.807, 2.05) is 25.2 Å². The van der Waals surface area contributed by atoms with E-state index in [-0.39, 0.29) is 80.2 Å². The van der Waals surface area contributed by atoms with Gasteiger partial charge in [-0.2, -0.15) is 0 Å². The van der Waals surface area contributed by atoms with E-state index in [1.54, 1.807) is 56.1 Å². The number of carbonyl (C=O) groups excluding carboxylic acids is 4. The molecule has 8 aliphatic rings. The molecule has 6 fully saturated rings. The lowest BCUT2D eigenvalue weighted by Crippen LogP contribution is -2.67. The molecule has 5 aliphatic carbocycles. The number of carbonyl (C=O) groups is 4.